The normalized spacial score (nSPS) is 25.8. The fourth-order valence-electron chi connectivity index (χ4n) is 1.94. The summed E-state index contributed by atoms with van der Waals surface area (Å²) >= 11 is 5.20. The van der Waals surface area contributed by atoms with E-state index in [2.05, 4.69) is 22.9 Å². The highest BCUT2D eigenvalue weighted by atomic mass is 79.9. The zero-order valence-corrected chi connectivity index (χ0v) is 12.0. The Balaban J connectivity index is 2.09. The van der Waals surface area contributed by atoms with Crippen LogP contribution in [-0.2, 0) is 0 Å². The van der Waals surface area contributed by atoms with E-state index in [0.717, 1.165) is 30.0 Å². The van der Waals surface area contributed by atoms with Gasteiger partial charge in [-0.25, -0.2) is 0 Å². The molecule has 2 atom stereocenters. The van der Waals surface area contributed by atoms with E-state index in [-0.39, 0.29) is 5.91 Å². The van der Waals surface area contributed by atoms with Gasteiger partial charge in [0.15, 0.2) is 0 Å². The van der Waals surface area contributed by atoms with Gasteiger partial charge in [-0.05, 0) is 36.3 Å². The third kappa shape index (κ3) is 2.33. The van der Waals surface area contributed by atoms with Crippen molar-refractivity contribution in [1.29, 1.82) is 0 Å². The molecular formula is C12H16BrNOS. The lowest BCUT2D eigenvalue weighted by Gasteiger charge is -2.34. The average Bonchev–Trinajstić information content (AvgIpc) is 2.67. The standard InChI is InChI=1S/C12H16BrNOS/c1-8-3-5-14(7-10(8)13)12(15)11-9(2)4-6-16-11/h4,6,8,10H,3,5,7H2,1-2H3. The number of likely N-dealkylation sites (tertiary alicyclic amines) is 1. The van der Waals surface area contributed by atoms with Gasteiger partial charge < -0.3 is 4.90 Å². The summed E-state index contributed by atoms with van der Waals surface area (Å²) in [5.74, 6) is 0.859. The van der Waals surface area contributed by atoms with Gasteiger partial charge in [0.05, 0.1) is 4.88 Å². The fourth-order valence-corrected chi connectivity index (χ4v) is 3.45. The highest BCUT2D eigenvalue weighted by Crippen LogP contribution is 2.26. The maximum Gasteiger partial charge on any atom is 0.264 e. The summed E-state index contributed by atoms with van der Waals surface area (Å²) < 4.78 is 0. The largest absolute Gasteiger partial charge is 0.337 e. The van der Waals surface area contributed by atoms with Crippen molar-refractivity contribution in [3.63, 3.8) is 0 Å². The Kier molecular flexibility index (Phi) is 3.70. The molecule has 1 amide bonds. The molecule has 1 aliphatic heterocycles. The molecule has 0 aliphatic carbocycles. The van der Waals surface area contributed by atoms with E-state index in [1.165, 1.54) is 0 Å². The molecule has 1 fully saturated rings. The number of carbonyl (C=O) groups excluding carboxylic acids is 1. The predicted octanol–water partition coefficient (Wildman–Crippen LogP) is 3.30. The van der Waals surface area contributed by atoms with Crippen molar-refractivity contribution in [2.75, 3.05) is 13.1 Å². The van der Waals surface area contributed by atoms with Crippen molar-refractivity contribution in [3.8, 4) is 0 Å². The van der Waals surface area contributed by atoms with Gasteiger partial charge in [-0.3, -0.25) is 4.79 Å². The number of hydrogen-bond donors (Lipinski definition) is 0. The van der Waals surface area contributed by atoms with Gasteiger partial charge in [-0.1, -0.05) is 22.9 Å². The van der Waals surface area contributed by atoms with Crippen LogP contribution in [0.1, 0.15) is 28.6 Å². The third-order valence-electron chi connectivity index (χ3n) is 3.21. The van der Waals surface area contributed by atoms with Gasteiger partial charge in [0.1, 0.15) is 0 Å². The van der Waals surface area contributed by atoms with Gasteiger partial charge in [-0.2, -0.15) is 0 Å². The molecule has 0 bridgehead atoms. The second-order valence-electron chi connectivity index (χ2n) is 4.47. The van der Waals surface area contributed by atoms with Crippen LogP contribution in [0.4, 0.5) is 0 Å². The molecular weight excluding hydrogens is 286 g/mol. The summed E-state index contributed by atoms with van der Waals surface area (Å²) in [4.78, 5) is 15.6. The molecule has 0 saturated carbocycles. The van der Waals surface area contributed by atoms with Crippen molar-refractivity contribution in [2.45, 2.75) is 25.1 Å². The van der Waals surface area contributed by atoms with Crippen molar-refractivity contribution in [1.82, 2.24) is 4.90 Å². The number of alkyl halides is 1. The summed E-state index contributed by atoms with van der Waals surface area (Å²) in [6.45, 7) is 5.95. The van der Waals surface area contributed by atoms with Gasteiger partial charge in [0.2, 0.25) is 0 Å². The van der Waals surface area contributed by atoms with Crippen LogP contribution in [0.3, 0.4) is 0 Å². The number of amides is 1. The first-order chi connectivity index (χ1) is 7.59. The molecule has 88 valence electrons. The zero-order valence-electron chi connectivity index (χ0n) is 9.57. The molecule has 1 aliphatic rings. The van der Waals surface area contributed by atoms with Crippen LogP contribution in [0, 0.1) is 12.8 Å². The topological polar surface area (TPSA) is 20.3 Å². The summed E-state index contributed by atoms with van der Waals surface area (Å²) in [5.41, 5.74) is 1.10. The van der Waals surface area contributed by atoms with E-state index in [9.17, 15) is 4.79 Å². The number of thiophene rings is 1. The Morgan fingerprint density at radius 3 is 2.94 bits per heavy atom. The lowest BCUT2D eigenvalue weighted by atomic mass is 9.99. The van der Waals surface area contributed by atoms with Crippen LogP contribution < -0.4 is 0 Å². The number of nitrogens with zero attached hydrogens (tertiary/aromatic N) is 1. The number of halogens is 1. The maximum absolute atomic E-state index is 12.2. The molecule has 1 aromatic rings. The summed E-state index contributed by atoms with van der Waals surface area (Å²) in [5, 5.41) is 1.99. The molecule has 1 aromatic heterocycles. The van der Waals surface area contributed by atoms with Crippen molar-refractivity contribution < 1.29 is 4.79 Å². The molecule has 0 N–H and O–H groups in total. The second-order valence-corrected chi connectivity index (χ2v) is 6.56. The lowest BCUT2D eigenvalue weighted by Crippen LogP contribution is -2.43. The molecule has 1 saturated heterocycles. The van der Waals surface area contributed by atoms with E-state index in [0.29, 0.717) is 10.7 Å². The van der Waals surface area contributed by atoms with Gasteiger partial charge >= 0.3 is 0 Å². The smallest absolute Gasteiger partial charge is 0.264 e. The fraction of sp³-hybridized carbons (Fsp3) is 0.583. The number of aryl methyl sites for hydroxylation is 1. The first-order valence-electron chi connectivity index (χ1n) is 5.57. The Bertz CT molecular complexity index is 390. The first kappa shape index (κ1) is 12.1. The molecule has 0 spiro atoms. The Hall–Kier alpha value is -0.350. The van der Waals surface area contributed by atoms with Crippen LogP contribution in [0.2, 0.25) is 0 Å². The first-order valence-corrected chi connectivity index (χ1v) is 7.36. The van der Waals surface area contributed by atoms with Crippen LogP contribution in [-0.4, -0.2) is 28.7 Å². The van der Waals surface area contributed by atoms with E-state index in [1.807, 2.05) is 23.3 Å². The third-order valence-corrected chi connectivity index (χ3v) is 5.41. The highest BCUT2D eigenvalue weighted by molar-refractivity contribution is 9.09. The number of hydrogen-bond acceptors (Lipinski definition) is 2. The molecule has 2 rings (SSSR count). The SMILES string of the molecule is Cc1ccsc1C(=O)N1CCC(C)C(Br)C1. The van der Waals surface area contributed by atoms with Gasteiger partial charge in [-0.15, -0.1) is 11.3 Å². The minimum absolute atomic E-state index is 0.198. The molecule has 0 aromatic carbocycles. The monoisotopic (exact) mass is 301 g/mol. The summed E-state index contributed by atoms with van der Waals surface area (Å²) in [7, 11) is 0. The predicted molar refractivity (Wildman–Crippen MR) is 71.5 cm³/mol. The number of rotatable bonds is 1. The van der Waals surface area contributed by atoms with E-state index in [1.54, 1.807) is 11.3 Å². The molecule has 0 radical (unpaired) electrons. The zero-order chi connectivity index (χ0) is 11.7. The molecule has 2 nitrogen and oxygen atoms in total. The van der Waals surface area contributed by atoms with Gasteiger partial charge in [0.25, 0.3) is 5.91 Å². The summed E-state index contributed by atoms with van der Waals surface area (Å²) in [6, 6.07) is 2.01. The Morgan fingerprint density at radius 2 is 2.38 bits per heavy atom. The highest BCUT2D eigenvalue weighted by Gasteiger charge is 2.28. The van der Waals surface area contributed by atoms with Crippen LogP contribution >= 0.6 is 27.3 Å². The van der Waals surface area contributed by atoms with E-state index >= 15 is 0 Å². The lowest BCUT2D eigenvalue weighted by molar-refractivity contribution is 0.0710. The van der Waals surface area contributed by atoms with Gasteiger partial charge in [0, 0.05) is 17.9 Å². The molecule has 4 heteroatoms. The molecule has 16 heavy (non-hydrogen) atoms. The number of piperidine rings is 1. The molecule has 2 heterocycles. The Labute approximate surface area is 109 Å². The van der Waals surface area contributed by atoms with Crippen molar-refractivity contribution in [2.24, 2.45) is 5.92 Å². The maximum atomic E-state index is 12.2. The minimum atomic E-state index is 0.198. The van der Waals surface area contributed by atoms with Crippen LogP contribution in [0.5, 0.6) is 0 Å². The van der Waals surface area contributed by atoms with Crippen LogP contribution in [0.25, 0.3) is 0 Å². The van der Waals surface area contributed by atoms with Crippen molar-refractivity contribution >= 4 is 33.2 Å². The van der Waals surface area contributed by atoms with E-state index < -0.39 is 0 Å². The number of carbonyl (C=O) groups is 1. The average molecular weight is 302 g/mol. The Morgan fingerprint density at radius 1 is 1.62 bits per heavy atom. The summed E-state index contributed by atoms with van der Waals surface area (Å²) in [6.07, 6.45) is 1.09. The minimum Gasteiger partial charge on any atom is -0.337 e. The molecule has 2 unspecified atom stereocenters. The van der Waals surface area contributed by atoms with Crippen molar-refractivity contribution in [3.05, 3.63) is 21.9 Å². The quantitative estimate of drug-likeness (QED) is 0.729. The van der Waals surface area contributed by atoms with E-state index in [4.69, 9.17) is 0 Å². The van der Waals surface area contributed by atoms with Crippen LogP contribution in [0.15, 0.2) is 11.4 Å². The second kappa shape index (κ2) is 4.88.